The van der Waals surface area contributed by atoms with E-state index in [4.69, 9.17) is 0 Å². The normalized spacial score (nSPS) is 10.4. The molecule has 0 aliphatic carbocycles. The number of hydrogen-bond donors (Lipinski definition) is 0. The Bertz CT molecular complexity index is 600. The van der Waals surface area contributed by atoms with Gasteiger partial charge in [0.2, 0.25) is 0 Å². The highest BCUT2D eigenvalue weighted by atomic mass is 15.5. The van der Waals surface area contributed by atoms with Crippen LogP contribution in [0.15, 0.2) is 60.9 Å². The van der Waals surface area contributed by atoms with Crippen LogP contribution in [0.4, 0.5) is 0 Å². The average molecular weight is 236 g/mol. The fourth-order valence-electron chi connectivity index (χ4n) is 1.87. The van der Waals surface area contributed by atoms with Gasteiger partial charge in [0, 0.05) is 0 Å². The van der Waals surface area contributed by atoms with Crippen molar-refractivity contribution in [2.45, 2.75) is 6.54 Å². The number of tetrazole rings is 1. The second-order valence-corrected chi connectivity index (χ2v) is 4.07. The van der Waals surface area contributed by atoms with Crippen molar-refractivity contribution in [1.29, 1.82) is 0 Å². The SMILES string of the molecule is c1ccc(-c2ccc(Cn3cnnn3)cc2)cc1. The van der Waals surface area contributed by atoms with Gasteiger partial charge in [0.25, 0.3) is 0 Å². The van der Waals surface area contributed by atoms with Crippen LogP contribution < -0.4 is 0 Å². The highest BCUT2D eigenvalue weighted by Gasteiger charge is 1.99. The van der Waals surface area contributed by atoms with Crippen molar-refractivity contribution >= 4 is 0 Å². The Morgan fingerprint density at radius 2 is 1.56 bits per heavy atom. The van der Waals surface area contributed by atoms with E-state index >= 15 is 0 Å². The van der Waals surface area contributed by atoms with Gasteiger partial charge in [-0.05, 0) is 27.1 Å². The first-order valence-corrected chi connectivity index (χ1v) is 5.77. The molecule has 0 radical (unpaired) electrons. The molecule has 0 aliphatic rings. The second-order valence-electron chi connectivity index (χ2n) is 4.07. The van der Waals surface area contributed by atoms with Gasteiger partial charge in [-0.3, -0.25) is 0 Å². The third-order valence-corrected chi connectivity index (χ3v) is 2.80. The van der Waals surface area contributed by atoms with Crippen molar-refractivity contribution in [3.05, 3.63) is 66.5 Å². The summed E-state index contributed by atoms with van der Waals surface area (Å²) >= 11 is 0. The molecule has 0 spiro atoms. The summed E-state index contributed by atoms with van der Waals surface area (Å²) < 4.78 is 1.71. The van der Waals surface area contributed by atoms with Gasteiger partial charge in [0.15, 0.2) is 0 Å². The van der Waals surface area contributed by atoms with Crippen molar-refractivity contribution in [3.8, 4) is 11.1 Å². The van der Waals surface area contributed by atoms with Crippen LogP contribution in [0.3, 0.4) is 0 Å². The Labute approximate surface area is 105 Å². The monoisotopic (exact) mass is 236 g/mol. The Kier molecular flexibility index (Phi) is 2.84. The van der Waals surface area contributed by atoms with Crippen molar-refractivity contribution in [2.24, 2.45) is 0 Å². The largest absolute Gasteiger partial charge is 0.228 e. The van der Waals surface area contributed by atoms with Crippen LogP contribution in [0.5, 0.6) is 0 Å². The second kappa shape index (κ2) is 4.79. The van der Waals surface area contributed by atoms with Gasteiger partial charge >= 0.3 is 0 Å². The molecule has 3 rings (SSSR count). The molecule has 0 N–H and O–H groups in total. The molecule has 1 aromatic heterocycles. The molecular weight excluding hydrogens is 224 g/mol. The summed E-state index contributed by atoms with van der Waals surface area (Å²) in [6.07, 6.45) is 1.62. The summed E-state index contributed by atoms with van der Waals surface area (Å²) in [7, 11) is 0. The maximum Gasteiger partial charge on any atom is 0.138 e. The lowest BCUT2D eigenvalue weighted by Crippen LogP contribution is -2.00. The highest BCUT2D eigenvalue weighted by Crippen LogP contribution is 2.19. The van der Waals surface area contributed by atoms with E-state index in [0.29, 0.717) is 6.54 Å². The van der Waals surface area contributed by atoms with Crippen LogP contribution in [0.2, 0.25) is 0 Å². The quantitative estimate of drug-likeness (QED) is 0.701. The minimum absolute atomic E-state index is 0.696. The van der Waals surface area contributed by atoms with Crippen LogP contribution in [0.1, 0.15) is 5.56 Å². The van der Waals surface area contributed by atoms with Crippen LogP contribution >= 0.6 is 0 Å². The van der Waals surface area contributed by atoms with Gasteiger partial charge < -0.3 is 0 Å². The fraction of sp³-hybridized carbons (Fsp3) is 0.0714. The molecule has 3 aromatic rings. The predicted octanol–water partition coefficient (Wildman–Crippen LogP) is 2.39. The van der Waals surface area contributed by atoms with Crippen molar-refractivity contribution in [2.75, 3.05) is 0 Å². The molecule has 4 nitrogen and oxygen atoms in total. The van der Waals surface area contributed by atoms with Crippen LogP contribution in [-0.2, 0) is 6.54 Å². The summed E-state index contributed by atoms with van der Waals surface area (Å²) in [6, 6.07) is 18.8. The van der Waals surface area contributed by atoms with Gasteiger partial charge in [-0.1, -0.05) is 54.6 Å². The van der Waals surface area contributed by atoms with Crippen LogP contribution in [0.25, 0.3) is 11.1 Å². The summed E-state index contributed by atoms with van der Waals surface area (Å²) in [5, 5.41) is 11.1. The van der Waals surface area contributed by atoms with Crippen molar-refractivity contribution in [3.63, 3.8) is 0 Å². The topological polar surface area (TPSA) is 43.6 Å². The van der Waals surface area contributed by atoms with Gasteiger partial charge in [0.05, 0.1) is 6.54 Å². The smallest absolute Gasteiger partial charge is 0.138 e. The molecule has 0 aliphatic heterocycles. The third kappa shape index (κ3) is 2.27. The molecule has 0 saturated carbocycles. The standard InChI is InChI=1S/C14H12N4/c1-2-4-13(5-3-1)14-8-6-12(7-9-14)10-18-11-15-16-17-18/h1-9,11H,10H2. The van der Waals surface area contributed by atoms with Crippen molar-refractivity contribution < 1.29 is 0 Å². The number of rotatable bonds is 3. The van der Waals surface area contributed by atoms with E-state index in [2.05, 4.69) is 51.9 Å². The van der Waals surface area contributed by atoms with Gasteiger partial charge in [0.1, 0.15) is 6.33 Å². The lowest BCUT2D eigenvalue weighted by atomic mass is 10.0. The Balaban J connectivity index is 1.81. The molecule has 0 fully saturated rings. The highest BCUT2D eigenvalue weighted by molar-refractivity contribution is 5.63. The zero-order valence-electron chi connectivity index (χ0n) is 9.77. The lowest BCUT2D eigenvalue weighted by molar-refractivity contribution is 0.648. The first-order chi connectivity index (χ1) is 8.92. The van der Waals surface area contributed by atoms with Gasteiger partial charge in [-0.15, -0.1) is 5.10 Å². The number of benzene rings is 2. The lowest BCUT2D eigenvalue weighted by Gasteiger charge is -2.04. The molecule has 88 valence electrons. The minimum Gasteiger partial charge on any atom is -0.228 e. The average Bonchev–Trinajstić information content (AvgIpc) is 2.94. The van der Waals surface area contributed by atoms with Crippen molar-refractivity contribution in [1.82, 2.24) is 20.2 Å². The fourth-order valence-corrected chi connectivity index (χ4v) is 1.87. The zero-order chi connectivity index (χ0) is 12.2. The van der Waals surface area contributed by atoms with Crippen LogP contribution in [0, 0.1) is 0 Å². The molecular formula is C14H12N4. The molecule has 0 bridgehead atoms. The number of nitrogens with zero attached hydrogens (tertiary/aromatic N) is 4. The maximum absolute atomic E-state index is 3.85. The van der Waals surface area contributed by atoms with E-state index in [9.17, 15) is 0 Å². The Hall–Kier alpha value is -2.49. The Morgan fingerprint density at radius 1 is 0.833 bits per heavy atom. The minimum atomic E-state index is 0.696. The van der Waals surface area contributed by atoms with Gasteiger partial charge in [-0.2, -0.15) is 0 Å². The Morgan fingerprint density at radius 3 is 2.22 bits per heavy atom. The maximum atomic E-state index is 3.85. The van der Waals surface area contributed by atoms with E-state index in [-0.39, 0.29) is 0 Å². The summed E-state index contributed by atoms with van der Waals surface area (Å²) in [5.41, 5.74) is 3.63. The van der Waals surface area contributed by atoms with E-state index < -0.39 is 0 Å². The molecule has 0 amide bonds. The van der Waals surface area contributed by atoms with Gasteiger partial charge in [-0.25, -0.2) is 4.68 Å². The molecule has 18 heavy (non-hydrogen) atoms. The number of aromatic nitrogens is 4. The molecule has 0 unspecified atom stereocenters. The zero-order valence-corrected chi connectivity index (χ0v) is 9.77. The molecule has 0 saturated heterocycles. The van der Waals surface area contributed by atoms with E-state index in [1.165, 1.54) is 16.7 Å². The molecule has 0 atom stereocenters. The molecule has 1 heterocycles. The summed E-state index contributed by atoms with van der Waals surface area (Å²) in [5.74, 6) is 0. The molecule has 4 heteroatoms. The van der Waals surface area contributed by atoms with E-state index in [1.807, 2.05) is 18.2 Å². The summed E-state index contributed by atoms with van der Waals surface area (Å²) in [4.78, 5) is 0. The third-order valence-electron chi connectivity index (χ3n) is 2.80. The summed E-state index contributed by atoms with van der Waals surface area (Å²) in [6.45, 7) is 0.696. The molecule has 2 aromatic carbocycles. The van der Waals surface area contributed by atoms with Crippen LogP contribution in [-0.4, -0.2) is 20.2 Å². The number of hydrogen-bond acceptors (Lipinski definition) is 3. The van der Waals surface area contributed by atoms with E-state index in [1.54, 1.807) is 11.0 Å². The van der Waals surface area contributed by atoms with E-state index in [0.717, 1.165) is 0 Å². The predicted molar refractivity (Wildman–Crippen MR) is 68.8 cm³/mol. The first kappa shape index (κ1) is 10.7. The first-order valence-electron chi connectivity index (χ1n) is 5.77.